The van der Waals surface area contributed by atoms with Crippen molar-refractivity contribution in [2.45, 2.75) is 51.7 Å². The predicted molar refractivity (Wildman–Crippen MR) is 85.4 cm³/mol. The average Bonchev–Trinajstić information content (AvgIpc) is 2.88. The van der Waals surface area contributed by atoms with Crippen molar-refractivity contribution in [2.24, 2.45) is 11.8 Å². The summed E-state index contributed by atoms with van der Waals surface area (Å²) in [5, 5.41) is 0. The SMILES string of the molecule is CCO[C@H]1CCN(C(=O)C2CC(C)C2)[C@H]1Cc1cccnc1. The lowest BCUT2D eigenvalue weighted by molar-refractivity contribution is -0.141. The normalized spacial score (nSPS) is 31.1. The minimum atomic E-state index is 0.159. The highest BCUT2D eigenvalue weighted by atomic mass is 16.5. The van der Waals surface area contributed by atoms with Gasteiger partial charge in [0.25, 0.3) is 0 Å². The Morgan fingerprint density at radius 3 is 2.91 bits per heavy atom. The third kappa shape index (κ3) is 3.17. The standard InChI is InChI=1S/C18H26N2O2/c1-3-22-17-6-8-20(18(21)15-9-13(2)10-15)16(17)11-14-5-4-7-19-12-14/h4-5,7,12-13,15-17H,3,6,8-11H2,1-2H3/t13?,15?,16-,17-/m0/s1. The third-order valence-corrected chi connectivity index (χ3v) is 5.04. The smallest absolute Gasteiger partial charge is 0.226 e. The number of aromatic nitrogens is 1. The van der Waals surface area contributed by atoms with Gasteiger partial charge in [0, 0.05) is 31.5 Å². The second kappa shape index (κ2) is 6.78. The van der Waals surface area contributed by atoms with Crippen LogP contribution in [0.1, 0.15) is 38.7 Å². The molecule has 0 bridgehead atoms. The van der Waals surface area contributed by atoms with Crippen LogP contribution < -0.4 is 0 Å². The summed E-state index contributed by atoms with van der Waals surface area (Å²) < 4.78 is 5.91. The lowest BCUT2D eigenvalue weighted by Crippen LogP contribution is -2.47. The fourth-order valence-electron chi connectivity index (χ4n) is 3.85. The maximum atomic E-state index is 12.8. The summed E-state index contributed by atoms with van der Waals surface area (Å²) in [6, 6.07) is 4.20. The van der Waals surface area contributed by atoms with E-state index in [1.165, 1.54) is 5.56 Å². The maximum Gasteiger partial charge on any atom is 0.226 e. The first kappa shape index (κ1) is 15.5. The molecule has 120 valence electrons. The first-order valence-corrected chi connectivity index (χ1v) is 8.50. The molecule has 2 heterocycles. The van der Waals surface area contributed by atoms with Crippen LogP contribution >= 0.6 is 0 Å². The lowest BCUT2D eigenvalue weighted by atomic mass is 9.75. The molecular formula is C18H26N2O2. The van der Waals surface area contributed by atoms with E-state index in [-0.39, 0.29) is 18.1 Å². The van der Waals surface area contributed by atoms with E-state index in [4.69, 9.17) is 4.74 Å². The summed E-state index contributed by atoms with van der Waals surface area (Å²) in [7, 11) is 0. The van der Waals surface area contributed by atoms with Gasteiger partial charge >= 0.3 is 0 Å². The highest BCUT2D eigenvalue weighted by molar-refractivity contribution is 5.80. The number of pyridine rings is 1. The van der Waals surface area contributed by atoms with Gasteiger partial charge in [0.05, 0.1) is 12.1 Å². The number of ether oxygens (including phenoxy) is 1. The summed E-state index contributed by atoms with van der Waals surface area (Å²) in [5.74, 6) is 1.29. The van der Waals surface area contributed by atoms with E-state index in [9.17, 15) is 4.79 Å². The van der Waals surface area contributed by atoms with Crippen molar-refractivity contribution >= 4 is 5.91 Å². The van der Waals surface area contributed by atoms with Crippen LogP contribution in [0.15, 0.2) is 24.5 Å². The molecule has 0 spiro atoms. The lowest BCUT2D eigenvalue weighted by Gasteiger charge is -2.37. The van der Waals surface area contributed by atoms with Gasteiger partial charge in [0.15, 0.2) is 0 Å². The Balaban J connectivity index is 1.71. The van der Waals surface area contributed by atoms with Crippen molar-refractivity contribution in [3.63, 3.8) is 0 Å². The van der Waals surface area contributed by atoms with Crippen LogP contribution in [0.4, 0.5) is 0 Å². The minimum absolute atomic E-state index is 0.159. The minimum Gasteiger partial charge on any atom is -0.376 e. The van der Waals surface area contributed by atoms with Gasteiger partial charge in [-0.3, -0.25) is 9.78 Å². The zero-order chi connectivity index (χ0) is 15.5. The topological polar surface area (TPSA) is 42.4 Å². The van der Waals surface area contributed by atoms with Gasteiger partial charge in [-0.05, 0) is 50.2 Å². The van der Waals surface area contributed by atoms with Gasteiger partial charge in [0.2, 0.25) is 5.91 Å². The van der Waals surface area contributed by atoms with E-state index in [1.807, 2.05) is 19.2 Å². The Morgan fingerprint density at radius 2 is 2.27 bits per heavy atom. The van der Waals surface area contributed by atoms with E-state index >= 15 is 0 Å². The molecule has 1 aliphatic carbocycles. The van der Waals surface area contributed by atoms with E-state index < -0.39 is 0 Å². The number of likely N-dealkylation sites (tertiary alicyclic amines) is 1. The molecule has 0 N–H and O–H groups in total. The van der Waals surface area contributed by atoms with Gasteiger partial charge in [-0.1, -0.05) is 13.0 Å². The Bertz CT molecular complexity index is 499. The number of rotatable bonds is 5. The van der Waals surface area contributed by atoms with Crippen molar-refractivity contribution in [3.05, 3.63) is 30.1 Å². The van der Waals surface area contributed by atoms with Gasteiger partial charge in [-0.2, -0.15) is 0 Å². The fraction of sp³-hybridized carbons (Fsp3) is 0.667. The summed E-state index contributed by atoms with van der Waals surface area (Å²) in [6.45, 7) is 5.79. The van der Waals surface area contributed by atoms with Gasteiger partial charge in [-0.15, -0.1) is 0 Å². The van der Waals surface area contributed by atoms with Gasteiger partial charge in [0.1, 0.15) is 0 Å². The number of hydrogen-bond donors (Lipinski definition) is 0. The highest BCUT2D eigenvalue weighted by Crippen LogP contribution is 2.36. The molecule has 1 aromatic rings. The van der Waals surface area contributed by atoms with Crippen molar-refractivity contribution in [1.29, 1.82) is 0 Å². The largest absolute Gasteiger partial charge is 0.376 e. The average molecular weight is 302 g/mol. The molecule has 2 fully saturated rings. The molecular weight excluding hydrogens is 276 g/mol. The second-order valence-electron chi connectivity index (χ2n) is 6.72. The van der Waals surface area contributed by atoms with E-state index in [0.717, 1.165) is 32.2 Å². The summed E-state index contributed by atoms with van der Waals surface area (Å²) in [5.41, 5.74) is 1.18. The maximum absolute atomic E-state index is 12.8. The first-order valence-electron chi connectivity index (χ1n) is 8.50. The molecule has 1 saturated carbocycles. The number of hydrogen-bond acceptors (Lipinski definition) is 3. The molecule has 2 aliphatic rings. The molecule has 1 aliphatic heterocycles. The van der Waals surface area contributed by atoms with Crippen molar-refractivity contribution < 1.29 is 9.53 Å². The quantitative estimate of drug-likeness (QED) is 0.840. The number of carbonyl (C=O) groups is 1. The Hall–Kier alpha value is -1.42. The molecule has 1 amide bonds. The van der Waals surface area contributed by atoms with Crippen LogP contribution in [-0.4, -0.2) is 41.1 Å². The first-order chi connectivity index (χ1) is 10.7. The van der Waals surface area contributed by atoms with Crippen molar-refractivity contribution in [3.8, 4) is 0 Å². The fourth-order valence-corrected chi connectivity index (χ4v) is 3.85. The summed E-state index contributed by atoms with van der Waals surface area (Å²) >= 11 is 0. The Labute approximate surface area is 132 Å². The van der Waals surface area contributed by atoms with Gasteiger partial charge in [-0.25, -0.2) is 0 Å². The monoisotopic (exact) mass is 302 g/mol. The molecule has 0 aromatic carbocycles. The second-order valence-corrected chi connectivity index (χ2v) is 6.72. The van der Waals surface area contributed by atoms with Crippen molar-refractivity contribution in [1.82, 2.24) is 9.88 Å². The zero-order valence-electron chi connectivity index (χ0n) is 13.6. The molecule has 1 saturated heterocycles. The molecule has 4 heteroatoms. The van der Waals surface area contributed by atoms with Crippen LogP contribution in [-0.2, 0) is 16.0 Å². The number of carbonyl (C=O) groups excluding carboxylic acids is 1. The highest BCUT2D eigenvalue weighted by Gasteiger charge is 2.42. The third-order valence-electron chi connectivity index (χ3n) is 5.04. The van der Waals surface area contributed by atoms with Crippen LogP contribution in [0.3, 0.4) is 0 Å². The van der Waals surface area contributed by atoms with E-state index in [1.54, 1.807) is 6.20 Å². The van der Waals surface area contributed by atoms with E-state index in [0.29, 0.717) is 18.4 Å². The molecule has 22 heavy (non-hydrogen) atoms. The van der Waals surface area contributed by atoms with Crippen LogP contribution in [0.2, 0.25) is 0 Å². The molecule has 0 unspecified atom stereocenters. The molecule has 4 nitrogen and oxygen atoms in total. The summed E-state index contributed by atoms with van der Waals surface area (Å²) in [6.07, 6.45) is 7.74. The zero-order valence-corrected chi connectivity index (χ0v) is 13.6. The van der Waals surface area contributed by atoms with Crippen LogP contribution in [0.5, 0.6) is 0 Å². The number of amides is 1. The summed E-state index contributed by atoms with van der Waals surface area (Å²) in [4.78, 5) is 19.1. The van der Waals surface area contributed by atoms with Crippen LogP contribution in [0, 0.1) is 11.8 Å². The molecule has 2 atom stereocenters. The number of nitrogens with zero attached hydrogens (tertiary/aromatic N) is 2. The van der Waals surface area contributed by atoms with Crippen LogP contribution in [0.25, 0.3) is 0 Å². The molecule has 1 aromatic heterocycles. The Morgan fingerprint density at radius 1 is 1.45 bits per heavy atom. The predicted octanol–water partition coefficient (Wildman–Crippen LogP) is 2.68. The molecule has 0 radical (unpaired) electrons. The Kier molecular flexibility index (Phi) is 4.77. The van der Waals surface area contributed by atoms with E-state index in [2.05, 4.69) is 22.9 Å². The molecule has 3 rings (SSSR count). The van der Waals surface area contributed by atoms with Crippen molar-refractivity contribution in [2.75, 3.05) is 13.2 Å². The van der Waals surface area contributed by atoms with Gasteiger partial charge < -0.3 is 9.64 Å².